The monoisotopic (exact) mass is 328 g/mol. The SMILES string of the molecule is N#CC1(S(=O)(=O)c2ccccc2Br)CCNCC1. The van der Waals surface area contributed by atoms with Crippen LogP contribution in [0.4, 0.5) is 0 Å². The van der Waals surface area contributed by atoms with Gasteiger partial charge in [-0.15, -0.1) is 0 Å². The van der Waals surface area contributed by atoms with Gasteiger partial charge in [0.1, 0.15) is 0 Å². The molecule has 1 N–H and O–H groups in total. The van der Waals surface area contributed by atoms with Gasteiger partial charge in [0.05, 0.1) is 11.0 Å². The fourth-order valence-corrected chi connectivity index (χ4v) is 4.93. The van der Waals surface area contributed by atoms with Crippen molar-refractivity contribution in [3.05, 3.63) is 28.7 Å². The number of nitrogens with zero attached hydrogens (tertiary/aromatic N) is 1. The molecule has 0 unspecified atom stereocenters. The molecule has 18 heavy (non-hydrogen) atoms. The number of rotatable bonds is 2. The lowest BCUT2D eigenvalue weighted by Gasteiger charge is -2.31. The van der Waals surface area contributed by atoms with Crippen LogP contribution in [0.25, 0.3) is 0 Å². The number of halogens is 1. The molecule has 0 aromatic heterocycles. The first-order valence-corrected chi connectivity index (χ1v) is 7.92. The Balaban J connectivity index is 2.55. The second kappa shape index (κ2) is 5.00. The van der Waals surface area contributed by atoms with Crippen LogP contribution in [0.15, 0.2) is 33.6 Å². The van der Waals surface area contributed by atoms with Gasteiger partial charge in [-0.25, -0.2) is 8.42 Å². The summed E-state index contributed by atoms with van der Waals surface area (Å²) in [6, 6.07) is 8.68. The lowest BCUT2D eigenvalue weighted by atomic mass is 9.99. The van der Waals surface area contributed by atoms with Gasteiger partial charge in [0.15, 0.2) is 14.6 Å². The van der Waals surface area contributed by atoms with Crippen molar-refractivity contribution in [3.8, 4) is 6.07 Å². The number of benzene rings is 1. The Hall–Kier alpha value is -0.900. The summed E-state index contributed by atoms with van der Waals surface area (Å²) in [4.78, 5) is 0.202. The zero-order chi connectivity index (χ0) is 13.2. The van der Waals surface area contributed by atoms with Crippen LogP contribution in [-0.4, -0.2) is 26.3 Å². The number of nitriles is 1. The van der Waals surface area contributed by atoms with Crippen molar-refractivity contribution in [1.29, 1.82) is 5.26 Å². The molecule has 1 heterocycles. The molecule has 96 valence electrons. The van der Waals surface area contributed by atoms with Gasteiger partial charge in [-0.1, -0.05) is 12.1 Å². The molecule has 4 nitrogen and oxygen atoms in total. The maximum atomic E-state index is 12.7. The predicted molar refractivity (Wildman–Crippen MR) is 71.8 cm³/mol. The van der Waals surface area contributed by atoms with Crippen molar-refractivity contribution >= 4 is 25.8 Å². The number of hydrogen-bond acceptors (Lipinski definition) is 4. The van der Waals surface area contributed by atoms with Crippen LogP contribution in [0.5, 0.6) is 0 Å². The molecule has 0 amide bonds. The van der Waals surface area contributed by atoms with Gasteiger partial charge >= 0.3 is 0 Å². The van der Waals surface area contributed by atoms with E-state index in [1.54, 1.807) is 24.3 Å². The highest BCUT2D eigenvalue weighted by atomic mass is 79.9. The number of piperidine rings is 1. The minimum absolute atomic E-state index is 0.202. The Bertz CT molecular complexity index is 586. The van der Waals surface area contributed by atoms with Gasteiger partial charge in [0.2, 0.25) is 0 Å². The van der Waals surface area contributed by atoms with Crippen LogP contribution < -0.4 is 5.32 Å². The highest BCUT2D eigenvalue weighted by Gasteiger charge is 2.46. The van der Waals surface area contributed by atoms with E-state index in [0.29, 0.717) is 30.4 Å². The van der Waals surface area contributed by atoms with E-state index in [2.05, 4.69) is 21.2 Å². The molecule has 1 aromatic rings. The molecule has 1 saturated heterocycles. The molecule has 0 bridgehead atoms. The highest BCUT2D eigenvalue weighted by molar-refractivity contribution is 9.10. The van der Waals surface area contributed by atoms with Crippen LogP contribution >= 0.6 is 15.9 Å². The number of sulfone groups is 1. The molecule has 0 spiro atoms. The van der Waals surface area contributed by atoms with Crippen LogP contribution in [0.2, 0.25) is 0 Å². The van der Waals surface area contributed by atoms with Gasteiger partial charge < -0.3 is 5.32 Å². The maximum absolute atomic E-state index is 12.7. The molecule has 1 aliphatic heterocycles. The number of nitrogens with one attached hydrogen (secondary N) is 1. The van der Waals surface area contributed by atoms with Gasteiger partial charge in [0.25, 0.3) is 0 Å². The fourth-order valence-electron chi connectivity index (χ4n) is 2.14. The van der Waals surface area contributed by atoms with E-state index in [4.69, 9.17) is 0 Å². The van der Waals surface area contributed by atoms with Gasteiger partial charge in [-0.3, -0.25) is 0 Å². The van der Waals surface area contributed by atoms with Gasteiger partial charge in [-0.2, -0.15) is 5.26 Å². The van der Waals surface area contributed by atoms with E-state index < -0.39 is 14.6 Å². The van der Waals surface area contributed by atoms with Crippen LogP contribution in [0, 0.1) is 11.3 Å². The van der Waals surface area contributed by atoms with Crippen LogP contribution in [-0.2, 0) is 9.84 Å². The van der Waals surface area contributed by atoms with Crippen molar-refractivity contribution in [2.45, 2.75) is 22.5 Å². The molecular weight excluding hydrogens is 316 g/mol. The Kier molecular flexibility index (Phi) is 3.76. The fraction of sp³-hybridized carbons (Fsp3) is 0.417. The summed E-state index contributed by atoms with van der Waals surface area (Å²) in [5.41, 5.74) is 0. The molecular formula is C12H13BrN2O2S. The normalized spacial score (nSPS) is 19.1. The van der Waals surface area contributed by atoms with E-state index in [-0.39, 0.29) is 4.90 Å². The van der Waals surface area contributed by atoms with Crippen molar-refractivity contribution in [2.75, 3.05) is 13.1 Å². The minimum atomic E-state index is -3.65. The molecule has 0 radical (unpaired) electrons. The Labute approximate surface area is 115 Å². The van der Waals surface area contributed by atoms with Crippen molar-refractivity contribution in [3.63, 3.8) is 0 Å². The molecule has 0 aliphatic carbocycles. The lowest BCUT2D eigenvalue weighted by molar-refractivity contribution is 0.444. The second-order valence-corrected chi connectivity index (χ2v) is 7.37. The van der Waals surface area contributed by atoms with Gasteiger partial charge in [0, 0.05) is 4.47 Å². The molecule has 1 aromatic carbocycles. The summed E-state index contributed by atoms with van der Waals surface area (Å²) >= 11 is 3.25. The Morgan fingerprint density at radius 2 is 1.89 bits per heavy atom. The first-order chi connectivity index (χ1) is 8.53. The zero-order valence-electron chi connectivity index (χ0n) is 9.69. The standard InChI is InChI=1S/C12H13BrN2O2S/c13-10-3-1-2-4-11(10)18(16,17)12(9-14)5-7-15-8-6-12/h1-4,15H,5-8H2. The molecule has 2 rings (SSSR count). The average Bonchev–Trinajstić information content (AvgIpc) is 2.39. The van der Waals surface area contributed by atoms with E-state index in [9.17, 15) is 13.7 Å². The predicted octanol–water partition coefficient (Wildman–Crippen LogP) is 1.87. The van der Waals surface area contributed by atoms with E-state index in [1.165, 1.54) is 0 Å². The third kappa shape index (κ3) is 2.07. The summed E-state index contributed by atoms with van der Waals surface area (Å²) < 4.78 is 24.6. The second-order valence-electron chi connectivity index (χ2n) is 4.29. The van der Waals surface area contributed by atoms with E-state index in [1.807, 2.05) is 6.07 Å². The lowest BCUT2D eigenvalue weighted by Crippen LogP contribution is -2.46. The average molecular weight is 329 g/mol. The van der Waals surface area contributed by atoms with Crippen molar-refractivity contribution < 1.29 is 8.42 Å². The molecule has 1 fully saturated rings. The van der Waals surface area contributed by atoms with E-state index in [0.717, 1.165) is 0 Å². The van der Waals surface area contributed by atoms with E-state index >= 15 is 0 Å². The smallest absolute Gasteiger partial charge is 0.198 e. The Morgan fingerprint density at radius 1 is 1.28 bits per heavy atom. The molecule has 0 saturated carbocycles. The summed E-state index contributed by atoms with van der Waals surface area (Å²) in [7, 11) is -3.65. The minimum Gasteiger partial charge on any atom is -0.317 e. The first kappa shape index (κ1) is 13.5. The number of hydrogen-bond donors (Lipinski definition) is 1. The largest absolute Gasteiger partial charge is 0.317 e. The van der Waals surface area contributed by atoms with Crippen molar-refractivity contribution in [2.24, 2.45) is 0 Å². The first-order valence-electron chi connectivity index (χ1n) is 5.65. The molecule has 0 atom stereocenters. The maximum Gasteiger partial charge on any atom is 0.198 e. The summed E-state index contributed by atoms with van der Waals surface area (Å²) in [5, 5.41) is 12.4. The third-order valence-corrected chi connectivity index (χ3v) is 6.67. The third-order valence-electron chi connectivity index (χ3n) is 3.26. The zero-order valence-corrected chi connectivity index (χ0v) is 12.1. The van der Waals surface area contributed by atoms with Crippen LogP contribution in [0.1, 0.15) is 12.8 Å². The summed E-state index contributed by atoms with van der Waals surface area (Å²) in [6.07, 6.45) is 0.653. The summed E-state index contributed by atoms with van der Waals surface area (Å²) in [5.74, 6) is 0. The van der Waals surface area contributed by atoms with Crippen molar-refractivity contribution in [1.82, 2.24) is 5.32 Å². The van der Waals surface area contributed by atoms with Gasteiger partial charge in [-0.05, 0) is 54.0 Å². The molecule has 1 aliphatic rings. The Morgan fingerprint density at radius 3 is 2.44 bits per heavy atom. The highest BCUT2D eigenvalue weighted by Crippen LogP contribution is 2.36. The molecule has 6 heteroatoms. The van der Waals surface area contributed by atoms with Crippen LogP contribution in [0.3, 0.4) is 0 Å². The quantitative estimate of drug-likeness (QED) is 0.899. The summed E-state index contributed by atoms with van der Waals surface area (Å²) in [6.45, 7) is 1.11. The topological polar surface area (TPSA) is 70.0 Å².